The summed E-state index contributed by atoms with van der Waals surface area (Å²) in [5, 5.41) is 3.72. The van der Waals surface area contributed by atoms with Crippen LogP contribution >= 0.6 is 0 Å². The summed E-state index contributed by atoms with van der Waals surface area (Å²) in [7, 11) is 4.62. The molecule has 2 aromatic carbocycles. The minimum atomic E-state index is -0.527. The number of nitrogens with zero attached hydrogens (tertiary/aromatic N) is 6. The fourth-order valence-corrected chi connectivity index (χ4v) is 6.85. The smallest absolute Gasteiger partial charge is 0.274 e. The third-order valence-corrected chi connectivity index (χ3v) is 9.34. The van der Waals surface area contributed by atoms with Gasteiger partial charge in [0.15, 0.2) is 11.5 Å². The second-order valence-electron chi connectivity index (χ2n) is 12.8. The Kier molecular flexibility index (Phi) is 10.8. The van der Waals surface area contributed by atoms with Crippen molar-refractivity contribution in [3.63, 3.8) is 0 Å². The van der Waals surface area contributed by atoms with E-state index in [1.165, 1.54) is 42.7 Å². The third-order valence-electron chi connectivity index (χ3n) is 9.34. The fraction of sp³-hybridized carbons (Fsp3) is 0.405. The number of carbonyl (C=O) groups is 3. The van der Waals surface area contributed by atoms with Crippen molar-refractivity contribution in [1.29, 1.82) is 0 Å². The molecule has 1 unspecified atom stereocenters. The second kappa shape index (κ2) is 15.6. The van der Waals surface area contributed by atoms with E-state index in [0.717, 1.165) is 24.9 Å². The van der Waals surface area contributed by atoms with Crippen LogP contribution in [-0.4, -0.2) is 103 Å². The van der Waals surface area contributed by atoms with Crippen molar-refractivity contribution < 1.29 is 33.0 Å². The van der Waals surface area contributed by atoms with E-state index < -0.39 is 17.6 Å². The lowest BCUT2D eigenvalue weighted by molar-refractivity contribution is -0.121. The lowest BCUT2D eigenvalue weighted by atomic mass is 9.97. The van der Waals surface area contributed by atoms with Crippen LogP contribution in [0.3, 0.4) is 0 Å². The van der Waals surface area contributed by atoms with Gasteiger partial charge in [0.1, 0.15) is 17.3 Å². The Morgan fingerprint density at radius 1 is 0.922 bits per heavy atom. The molecule has 0 radical (unpaired) electrons. The standard InChI is InChI=1S/C37H42FN7O6/c1-23-14-25(16-27(38)15-23)36(47)45-13-12-43(37(48)30-20-39-8-9-40-30)11-7-32(46)41-19-24-6-5-10-44(21-24)35-26(22-45)17-28-29(42-35)18-31(49-2)34(51-4)33(28)50-3/h8-9,14-18,20,24H,5-7,10-13,19,21-22H2,1-4H3,(H,41,46). The van der Waals surface area contributed by atoms with Gasteiger partial charge in [-0.3, -0.25) is 19.4 Å². The first-order valence-corrected chi connectivity index (χ1v) is 16.9. The number of hydrogen-bond acceptors (Lipinski definition) is 10. The number of pyridine rings is 1. The number of fused-ring (bicyclic) bond motifs is 5. The molecule has 2 bridgehead atoms. The predicted molar refractivity (Wildman–Crippen MR) is 188 cm³/mol. The number of hydrogen-bond donors (Lipinski definition) is 1. The van der Waals surface area contributed by atoms with Gasteiger partial charge in [0, 0.05) is 87.2 Å². The van der Waals surface area contributed by atoms with Gasteiger partial charge in [0.2, 0.25) is 11.7 Å². The highest BCUT2D eigenvalue weighted by molar-refractivity contribution is 5.96. The molecule has 2 aromatic heterocycles. The Balaban J connectivity index is 1.50. The predicted octanol–water partition coefficient (Wildman–Crippen LogP) is 4.02. The summed E-state index contributed by atoms with van der Waals surface area (Å²) in [5.41, 5.74) is 2.22. The molecule has 0 spiro atoms. The number of halogens is 1. The number of carbonyl (C=O) groups excluding carboxylic acids is 3. The zero-order valence-corrected chi connectivity index (χ0v) is 29.3. The number of aromatic nitrogens is 3. The van der Waals surface area contributed by atoms with Gasteiger partial charge >= 0.3 is 0 Å². The summed E-state index contributed by atoms with van der Waals surface area (Å²) < 4.78 is 31.8. The Morgan fingerprint density at radius 2 is 1.73 bits per heavy atom. The van der Waals surface area contributed by atoms with E-state index in [-0.39, 0.29) is 55.7 Å². The molecule has 4 heterocycles. The molecule has 1 N–H and O–H groups in total. The minimum Gasteiger partial charge on any atom is -0.493 e. The Morgan fingerprint density at radius 3 is 2.45 bits per heavy atom. The van der Waals surface area contributed by atoms with E-state index in [1.54, 1.807) is 38.2 Å². The second-order valence-corrected chi connectivity index (χ2v) is 12.8. The van der Waals surface area contributed by atoms with Gasteiger partial charge in [-0.15, -0.1) is 0 Å². The maximum Gasteiger partial charge on any atom is 0.274 e. The van der Waals surface area contributed by atoms with E-state index in [2.05, 4.69) is 20.2 Å². The average Bonchev–Trinajstić information content (AvgIpc) is 3.14. The summed E-state index contributed by atoms with van der Waals surface area (Å²) in [6.45, 7) is 3.85. The van der Waals surface area contributed by atoms with E-state index in [9.17, 15) is 18.8 Å². The molecule has 3 amide bonds. The summed E-state index contributed by atoms with van der Waals surface area (Å²) in [6.07, 6.45) is 6.13. The number of rotatable bonds is 5. The van der Waals surface area contributed by atoms with Crippen LogP contribution in [-0.2, 0) is 11.3 Å². The Bertz CT molecular complexity index is 1910. The highest BCUT2D eigenvalue weighted by Gasteiger charge is 2.29. The van der Waals surface area contributed by atoms with Crippen LogP contribution in [0.25, 0.3) is 10.9 Å². The third kappa shape index (κ3) is 7.79. The number of nitrogens with one attached hydrogen (secondary N) is 1. The number of methoxy groups -OCH3 is 3. The largest absolute Gasteiger partial charge is 0.493 e. The van der Waals surface area contributed by atoms with Crippen molar-refractivity contribution in [3.05, 3.63) is 77.1 Å². The molecule has 0 aliphatic carbocycles. The molecule has 1 fully saturated rings. The molecule has 2 aliphatic heterocycles. The van der Waals surface area contributed by atoms with Crippen molar-refractivity contribution in [2.75, 3.05) is 65.5 Å². The van der Waals surface area contributed by atoms with Crippen molar-refractivity contribution in [2.45, 2.75) is 32.7 Å². The quantitative estimate of drug-likeness (QED) is 0.325. The molecule has 4 aromatic rings. The lowest BCUT2D eigenvalue weighted by Crippen LogP contribution is -2.43. The number of amides is 3. The minimum absolute atomic E-state index is 0.0607. The van der Waals surface area contributed by atoms with Gasteiger partial charge in [0.05, 0.1) is 33.0 Å². The maximum absolute atomic E-state index is 14.7. The Hall–Kier alpha value is -5.53. The number of aryl methyl sites for hydroxylation is 1. The fourth-order valence-electron chi connectivity index (χ4n) is 6.85. The lowest BCUT2D eigenvalue weighted by Gasteiger charge is -2.35. The first kappa shape index (κ1) is 35.3. The number of benzene rings is 2. The number of ether oxygens (including phenoxy) is 3. The van der Waals surface area contributed by atoms with Crippen molar-refractivity contribution >= 4 is 34.4 Å². The van der Waals surface area contributed by atoms with Gasteiger partial charge in [-0.1, -0.05) is 0 Å². The highest BCUT2D eigenvalue weighted by Crippen LogP contribution is 2.44. The SMILES string of the molecule is COc1cc2nc3c(cc2c(OC)c1OC)CN(C(=O)c1cc(C)cc(F)c1)CCN(C(=O)c1cnccn1)CCC(=O)NCC1CCCN3C1. The first-order valence-electron chi connectivity index (χ1n) is 16.9. The molecule has 1 atom stereocenters. The van der Waals surface area contributed by atoms with Crippen LogP contribution in [0, 0.1) is 18.7 Å². The van der Waals surface area contributed by atoms with Crippen LogP contribution in [0.15, 0.2) is 48.9 Å². The molecule has 13 nitrogen and oxygen atoms in total. The van der Waals surface area contributed by atoms with Crippen molar-refractivity contribution in [2.24, 2.45) is 5.92 Å². The molecule has 1 saturated heterocycles. The van der Waals surface area contributed by atoms with Crippen LogP contribution < -0.4 is 24.4 Å². The molecular weight excluding hydrogens is 657 g/mol. The molecule has 2 aliphatic rings. The van der Waals surface area contributed by atoms with E-state index in [0.29, 0.717) is 52.6 Å². The van der Waals surface area contributed by atoms with Gasteiger partial charge in [-0.05, 0) is 55.5 Å². The van der Waals surface area contributed by atoms with Gasteiger partial charge in [-0.2, -0.15) is 0 Å². The summed E-state index contributed by atoms with van der Waals surface area (Å²) in [4.78, 5) is 59.8. The zero-order valence-electron chi connectivity index (χ0n) is 29.3. The van der Waals surface area contributed by atoms with E-state index >= 15 is 0 Å². The maximum atomic E-state index is 14.7. The molecular formula is C37H42FN7O6. The van der Waals surface area contributed by atoms with Crippen LogP contribution in [0.1, 0.15) is 51.2 Å². The topological polar surface area (TPSA) is 139 Å². The van der Waals surface area contributed by atoms with Crippen LogP contribution in [0.2, 0.25) is 0 Å². The number of anilines is 1. The van der Waals surface area contributed by atoms with Gasteiger partial charge < -0.3 is 34.2 Å². The molecule has 51 heavy (non-hydrogen) atoms. The van der Waals surface area contributed by atoms with Crippen LogP contribution in [0.5, 0.6) is 17.2 Å². The normalized spacial score (nSPS) is 17.2. The van der Waals surface area contributed by atoms with Crippen molar-refractivity contribution in [3.8, 4) is 17.2 Å². The highest BCUT2D eigenvalue weighted by atomic mass is 19.1. The summed E-state index contributed by atoms with van der Waals surface area (Å²) >= 11 is 0. The van der Waals surface area contributed by atoms with Crippen LogP contribution in [0.4, 0.5) is 10.2 Å². The monoisotopic (exact) mass is 699 g/mol. The first-order chi connectivity index (χ1) is 24.7. The molecule has 14 heteroatoms. The zero-order chi connectivity index (χ0) is 36.1. The molecule has 268 valence electrons. The van der Waals surface area contributed by atoms with Gasteiger partial charge in [-0.25, -0.2) is 14.4 Å². The number of piperidine rings is 1. The summed E-state index contributed by atoms with van der Waals surface area (Å²) in [6, 6.07) is 7.96. The van der Waals surface area contributed by atoms with E-state index in [4.69, 9.17) is 19.2 Å². The average molecular weight is 700 g/mol. The summed E-state index contributed by atoms with van der Waals surface area (Å²) in [5.74, 6) is 0.547. The van der Waals surface area contributed by atoms with Crippen molar-refractivity contribution in [1.82, 2.24) is 30.1 Å². The van der Waals surface area contributed by atoms with E-state index in [1.807, 2.05) is 6.07 Å². The molecule has 6 rings (SSSR count). The Labute approximate surface area is 295 Å². The molecule has 0 saturated carbocycles. The van der Waals surface area contributed by atoms with Gasteiger partial charge in [0.25, 0.3) is 11.8 Å².